The summed E-state index contributed by atoms with van der Waals surface area (Å²) in [7, 11) is 6.55. The lowest BCUT2D eigenvalue weighted by Gasteiger charge is -2.15. The molecule has 140 valence electrons. The molecule has 2 aromatic rings. The second-order valence-electron chi connectivity index (χ2n) is 5.39. The number of aromatic nitrogens is 1. The van der Waals surface area contributed by atoms with E-state index in [1.54, 1.807) is 35.5 Å². The van der Waals surface area contributed by atoms with Crippen molar-refractivity contribution in [2.45, 2.75) is 0 Å². The molecule has 2 rings (SSSR count). The molecule has 1 aromatic carbocycles. The van der Waals surface area contributed by atoms with Gasteiger partial charge in [-0.15, -0.1) is 11.3 Å². The summed E-state index contributed by atoms with van der Waals surface area (Å²) in [5, 5.41) is 7.65. The van der Waals surface area contributed by atoms with Crippen molar-refractivity contribution in [3.8, 4) is 11.5 Å². The van der Waals surface area contributed by atoms with Crippen molar-refractivity contribution in [3.63, 3.8) is 0 Å². The number of carbonyl (C=O) groups is 2. The first kappa shape index (κ1) is 19.7. The summed E-state index contributed by atoms with van der Waals surface area (Å²) >= 11 is 1.19. The van der Waals surface area contributed by atoms with Gasteiger partial charge in [0.1, 0.15) is 17.2 Å². The lowest BCUT2D eigenvalue weighted by atomic mass is 10.2. The molecule has 0 aliphatic carbocycles. The van der Waals surface area contributed by atoms with E-state index in [0.29, 0.717) is 41.0 Å². The van der Waals surface area contributed by atoms with Crippen LogP contribution in [0.1, 0.15) is 20.8 Å². The molecule has 1 heterocycles. The molecule has 0 fully saturated rings. The van der Waals surface area contributed by atoms with E-state index in [1.165, 1.54) is 25.6 Å². The number of rotatable bonds is 8. The van der Waals surface area contributed by atoms with Crippen molar-refractivity contribution in [2.75, 3.05) is 46.7 Å². The van der Waals surface area contributed by atoms with Crippen LogP contribution in [0.3, 0.4) is 0 Å². The van der Waals surface area contributed by atoms with Gasteiger partial charge in [0.2, 0.25) is 0 Å². The molecule has 9 heteroatoms. The number of nitrogens with zero attached hydrogens (tertiary/aromatic N) is 2. The Morgan fingerprint density at radius 3 is 2.69 bits per heavy atom. The third-order valence-corrected chi connectivity index (χ3v) is 4.40. The number of hydrogen-bond acceptors (Lipinski definition) is 7. The maximum Gasteiger partial charge on any atom is 0.273 e. The topological polar surface area (TPSA) is 92.8 Å². The van der Waals surface area contributed by atoms with E-state index < -0.39 is 0 Å². The van der Waals surface area contributed by atoms with Gasteiger partial charge >= 0.3 is 0 Å². The maximum atomic E-state index is 12.5. The van der Waals surface area contributed by atoms with Gasteiger partial charge in [0.15, 0.2) is 5.13 Å². The number of carbonyl (C=O) groups excluding carboxylic acids is 2. The van der Waals surface area contributed by atoms with Gasteiger partial charge in [0.25, 0.3) is 11.8 Å². The molecule has 0 saturated heterocycles. The average molecular weight is 378 g/mol. The summed E-state index contributed by atoms with van der Waals surface area (Å²) in [6, 6.07) is 4.91. The first-order valence-corrected chi connectivity index (χ1v) is 8.77. The quantitative estimate of drug-likeness (QED) is 0.726. The minimum atomic E-state index is -0.374. The first-order chi connectivity index (χ1) is 12.5. The second kappa shape index (κ2) is 9.16. The second-order valence-corrected chi connectivity index (χ2v) is 6.25. The number of hydrogen-bond donors (Lipinski definition) is 2. The van der Waals surface area contributed by atoms with Gasteiger partial charge in [-0.3, -0.25) is 14.9 Å². The van der Waals surface area contributed by atoms with Crippen molar-refractivity contribution in [1.82, 2.24) is 15.2 Å². The van der Waals surface area contributed by atoms with Gasteiger partial charge in [-0.1, -0.05) is 0 Å². The number of amides is 2. The Morgan fingerprint density at radius 1 is 1.27 bits per heavy atom. The summed E-state index contributed by atoms with van der Waals surface area (Å²) in [6.45, 7) is 1.25. The zero-order valence-corrected chi connectivity index (χ0v) is 16.0. The molecule has 0 unspecified atom stereocenters. The number of ether oxygens (including phenoxy) is 2. The molecule has 1 aromatic heterocycles. The SMILES string of the molecule is CNCCN(C)C(=O)c1csc(NC(=O)c2ccc(OC)cc2OC)n1. The highest BCUT2D eigenvalue weighted by molar-refractivity contribution is 7.14. The van der Waals surface area contributed by atoms with Crippen LogP contribution in [0.2, 0.25) is 0 Å². The van der Waals surface area contributed by atoms with Crippen LogP contribution in [-0.4, -0.2) is 63.1 Å². The van der Waals surface area contributed by atoms with E-state index >= 15 is 0 Å². The molecule has 0 spiro atoms. The minimum absolute atomic E-state index is 0.195. The molecule has 0 radical (unpaired) electrons. The van der Waals surface area contributed by atoms with E-state index in [4.69, 9.17) is 9.47 Å². The Bertz CT molecular complexity index is 778. The monoisotopic (exact) mass is 378 g/mol. The van der Waals surface area contributed by atoms with Gasteiger partial charge in [-0.05, 0) is 19.2 Å². The van der Waals surface area contributed by atoms with E-state index in [0.717, 1.165) is 0 Å². The Balaban J connectivity index is 2.09. The van der Waals surface area contributed by atoms with E-state index in [-0.39, 0.29) is 11.8 Å². The number of nitrogens with one attached hydrogen (secondary N) is 2. The zero-order chi connectivity index (χ0) is 19.1. The Kier molecular flexibility index (Phi) is 6.93. The lowest BCUT2D eigenvalue weighted by Crippen LogP contribution is -2.32. The van der Waals surface area contributed by atoms with Crippen molar-refractivity contribution in [1.29, 1.82) is 0 Å². The highest BCUT2D eigenvalue weighted by Gasteiger charge is 2.18. The van der Waals surface area contributed by atoms with Crippen LogP contribution in [0, 0.1) is 0 Å². The van der Waals surface area contributed by atoms with Crippen LogP contribution < -0.4 is 20.1 Å². The fourth-order valence-electron chi connectivity index (χ4n) is 2.16. The van der Waals surface area contributed by atoms with Gasteiger partial charge in [-0.25, -0.2) is 4.98 Å². The highest BCUT2D eigenvalue weighted by Crippen LogP contribution is 2.26. The van der Waals surface area contributed by atoms with Crippen LogP contribution >= 0.6 is 11.3 Å². The Morgan fingerprint density at radius 2 is 2.04 bits per heavy atom. The summed E-state index contributed by atoms with van der Waals surface area (Å²) in [5.74, 6) is 0.409. The summed E-state index contributed by atoms with van der Waals surface area (Å²) in [5.41, 5.74) is 0.646. The summed E-state index contributed by atoms with van der Waals surface area (Å²) < 4.78 is 10.4. The zero-order valence-electron chi connectivity index (χ0n) is 15.2. The molecule has 2 amide bonds. The fraction of sp³-hybridized carbons (Fsp3) is 0.353. The lowest BCUT2D eigenvalue weighted by molar-refractivity contribution is 0.0791. The van der Waals surface area contributed by atoms with Crippen molar-refractivity contribution in [3.05, 3.63) is 34.8 Å². The first-order valence-electron chi connectivity index (χ1n) is 7.89. The minimum Gasteiger partial charge on any atom is -0.497 e. The number of likely N-dealkylation sites (N-methyl/N-ethyl adjacent to an activating group) is 2. The molecular weight excluding hydrogens is 356 g/mol. The number of methoxy groups -OCH3 is 2. The van der Waals surface area contributed by atoms with E-state index in [2.05, 4.69) is 15.6 Å². The fourth-order valence-corrected chi connectivity index (χ4v) is 2.84. The summed E-state index contributed by atoms with van der Waals surface area (Å²) in [6.07, 6.45) is 0. The molecule has 0 bridgehead atoms. The summed E-state index contributed by atoms with van der Waals surface area (Å²) in [4.78, 5) is 30.5. The smallest absolute Gasteiger partial charge is 0.273 e. The predicted molar refractivity (Wildman–Crippen MR) is 101 cm³/mol. The molecule has 2 N–H and O–H groups in total. The van der Waals surface area contributed by atoms with Gasteiger partial charge in [-0.2, -0.15) is 0 Å². The predicted octanol–water partition coefficient (Wildman–Crippen LogP) is 1.70. The largest absolute Gasteiger partial charge is 0.497 e. The Hall–Kier alpha value is -2.65. The molecule has 0 saturated carbocycles. The third kappa shape index (κ3) is 4.70. The van der Waals surface area contributed by atoms with Crippen LogP contribution in [0.4, 0.5) is 5.13 Å². The number of anilines is 1. The van der Waals surface area contributed by atoms with Gasteiger partial charge in [0, 0.05) is 31.6 Å². The number of benzene rings is 1. The van der Waals surface area contributed by atoms with E-state index in [9.17, 15) is 9.59 Å². The van der Waals surface area contributed by atoms with Crippen molar-refractivity contribution in [2.24, 2.45) is 0 Å². The standard InChI is InChI=1S/C17H22N4O4S/c1-18-7-8-21(2)16(23)13-10-26-17(19-13)20-15(22)12-6-5-11(24-3)9-14(12)25-4/h5-6,9-10,18H,7-8H2,1-4H3,(H,19,20,22). The molecule has 0 atom stereocenters. The number of thiazole rings is 1. The van der Waals surface area contributed by atoms with Crippen LogP contribution in [0.25, 0.3) is 0 Å². The van der Waals surface area contributed by atoms with Gasteiger partial charge in [0.05, 0.1) is 19.8 Å². The van der Waals surface area contributed by atoms with Crippen LogP contribution in [-0.2, 0) is 0 Å². The van der Waals surface area contributed by atoms with Crippen LogP contribution in [0.15, 0.2) is 23.6 Å². The molecule has 0 aliphatic rings. The maximum absolute atomic E-state index is 12.5. The van der Waals surface area contributed by atoms with Crippen molar-refractivity contribution < 1.29 is 19.1 Å². The molecule has 0 aliphatic heterocycles. The van der Waals surface area contributed by atoms with Crippen molar-refractivity contribution >= 4 is 28.3 Å². The molecule has 8 nitrogen and oxygen atoms in total. The third-order valence-electron chi connectivity index (χ3n) is 3.64. The molecular formula is C17H22N4O4S. The van der Waals surface area contributed by atoms with E-state index in [1.807, 2.05) is 7.05 Å². The normalized spacial score (nSPS) is 10.3. The Labute approximate surface area is 156 Å². The highest BCUT2D eigenvalue weighted by atomic mass is 32.1. The van der Waals surface area contributed by atoms with Gasteiger partial charge < -0.3 is 19.7 Å². The van der Waals surface area contributed by atoms with Crippen LogP contribution in [0.5, 0.6) is 11.5 Å². The molecule has 26 heavy (non-hydrogen) atoms. The average Bonchev–Trinajstić information content (AvgIpc) is 3.12.